The lowest BCUT2D eigenvalue weighted by Crippen LogP contribution is -2.28. The molecule has 0 aliphatic heterocycles. The van der Waals surface area contributed by atoms with Gasteiger partial charge in [-0.2, -0.15) is 14.9 Å². The van der Waals surface area contributed by atoms with Crippen molar-refractivity contribution in [2.45, 2.75) is 6.92 Å². The van der Waals surface area contributed by atoms with Crippen LogP contribution < -0.4 is 11.0 Å². The molecule has 0 saturated heterocycles. The molecule has 1 amide bonds. The number of rotatable bonds is 4. The van der Waals surface area contributed by atoms with Crippen LogP contribution in [-0.2, 0) is 0 Å². The molecule has 0 atom stereocenters. The van der Waals surface area contributed by atoms with E-state index < -0.39 is 23.1 Å². The SMILES string of the molecule is Cc1c(Cl)cccc1-n1nc(C(=O)N/N=C\c2ccc(F)c(F)c2)c2ccccc2c1=O. The Morgan fingerprint density at radius 2 is 1.81 bits per heavy atom. The number of amides is 1. The lowest BCUT2D eigenvalue weighted by Gasteiger charge is -2.12. The van der Waals surface area contributed by atoms with E-state index in [4.69, 9.17) is 11.6 Å². The number of hydrogen-bond acceptors (Lipinski definition) is 4. The zero-order valence-corrected chi connectivity index (χ0v) is 17.4. The minimum atomic E-state index is -1.03. The molecule has 0 saturated carbocycles. The third-order valence-electron chi connectivity index (χ3n) is 4.81. The van der Waals surface area contributed by atoms with Gasteiger partial charge in [-0.3, -0.25) is 9.59 Å². The highest BCUT2D eigenvalue weighted by atomic mass is 35.5. The van der Waals surface area contributed by atoms with E-state index >= 15 is 0 Å². The average Bonchev–Trinajstić information content (AvgIpc) is 2.79. The zero-order chi connectivity index (χ0) is 22.8. The highest BCUT2D eigenvalue weighted by molar-refractivity contribution is 6.31. The van der Waals surface area contributed by atoms with Gasteiger partial charge in [-0.25, -0.2) is 14.2 Å². The minimum Gasteiger partial charge on any atom is -0.267 e. The molecule has 0 spiro atoms. The van der Waals surface area contributed by atoms with Crippen molar-refractivity contribution in [2.24, 2.45) is 5.10 Å². The summed E-state index contributed by atoms with van der Waals surface area (Å²) < 4.78 is 27.5. The van der Waals surface area contributed by atoms with Gasteiger partial charge in [0.05, 0.1) is 17.3 Å². The average molecular weight is 453 g/mol. The summed E-state index contributed by atoms with van der Waals surface area (Å²) >= 11 is 6.19. The van der Waals surface area contributed by atoms with E-state index in [9.17, 15) is 18.4 Å². The molecule has 1 heterocycles. The fraction of sp³-hybridized carbons (Fsp3) is 0.0435. The molecule has 0 radical (unpaired) electrons. The molecule has 0 bridgehead atoms. The van der Waals surface area contributed by atoms with Crippen LogP contribution in [0.4, 0.5) is 8.78 Å². The Bertz CT molecular complexity index is 1450. The molecule has 0 aliphatic rings. The quantitative estimate of drug-likeness (QED) is 0.368. The van der Waals surface area contributed by atoms with E-state index in [2.05, 4.69) is 15.6 Å². The number of carbonyl (C=O) groups is 1. The number of nitrogens with zero attached hydrogens (tertiary/aromatic N) is 3. The van der Waals surface area contributed by atoms with Crippen molar-refractivity contribution in [1.82, 2.24) is 15.2 Å². The maximum Gasteiger partial charge on any atom is 0.292 e. The Kier molecular flexibility index (Phi) is 5.79. The van der Waals surface area contributed by atoms with Gasteiger partial charge in [-0.15, -0.1) is 0 Å². The molecular weight excluding hydrogens is 438 g/mol. The molecule has 1 aromatic heterocycles. The summed E-state index contributed by atoms with van der Waals surface area (Å²) in [7, 11) is 0. The Morgan fingerprint density at radius 3 is 2.56 bits per heavy atom. The number of benzene rings is 3. The summed E-state index contributed by atoms with van der Waals surface area (Å²) in [5.41, 5.74) is 3.17. The minimum absolute atomic E-state index is 0.0398. The number of carbonyl (C=O) groups excluding carboxylic acids is 1. The monoisotopic (exact) mass is 452 g/mol. The van der Waals surface area contributed by atoms with Crippen molar-refractivity contribution in [1.29, 1.82) is 0 Å². The van der Waals surface area contributed by atoms with Gasteiger partial charge >= 0.3 is 0 Å². The van der Waals surface area contributed by atoms with Crippen LogP contribution >= 0.6 is 11.6 Å². The van der Waals surface area contributed by atoms with E-state index in [0.717, 1.165) is 16.8 Å². The Balaban J connectivity index is 1.76. The third kappa shape index (κ3) is 4.00. The lowest BCUT2D eigenvalue weighted by molar-refractivity contribution is 0.0950. The standard InChI is InChI=1S/C23H15ClF2N4O2/c1-13-17(24)7-4-8-20(13)30-23(32)16-6-3-2-5-15(16)21(29-30)22(31)28-27-12-14-9-10-18(25)19(26)11-14/h2-12H,1H3,(H,28,31)/b27-12-. The first-order chi connectivity index (χ1) is 15.4. The van der Waals surface area contributed by atoms with Crippen LogP contribution in [0, 0.1) is 18.6 Å². The van der Waals surface area contributed by atoms with Gasteiger partial charge in [0.25, 0.3) is 11.5 Å². The Morgan fingerprint density at radius 1 is 1.06 bits per heavy atom. The summed E-state index contributed by atoms with van der Waals surface area (Å²) in [6.45, 7) is 1.74. The van der Waals surface area contributed by atoms with Crippen LogP contribution in [0.2, 0.25) is 5.02 Å². The fourth-order valence-corrected chi connectivity index (χ4v) is 3.33. The summed E-state index contributed by atoms with van der Waals surface area (Å²) in [5.74, 6) is -2.70. The number of aromatic nitrogens is 2. The van der Waals surface area contributed by atoms with Gasteiger partial charge in [0.2, 0.25) is 0 Å². The van der Waals surface area contributed by atoms with Gasteiger partial charge in [0.1, 0.15) is 0 Å². The number of hydrogen-bond donors (Lipinski definition) is 1. The van der Waals surface area contributed by atoms with E-state index in [1.807, 2.05) is 0 Å². The highest BCUT2D eigenvalue weighted by Gasteiger charge is 2.18. The molecule has 6 nitrogen and oxygen atoms in total. The van der Waals surface area contributed by atoms with E-state index in [1.54, 1.807) is 49.4 Å². The van der Waals surface area contributed by atoms with Crippen molar-refractivity contribution in [2.75, 3.05) is 0 Å². The zero-order valence-electron chi connectivity index (χ0n) is 16.6. The molecule has 4 rings (SSSR count). The number of fused-ring (bicyclic) bond motifs is 1. The Hall–Kier alpha value is -3.91. The number of halogens is 3. The van der Waals surface area contributed by atoms with Crippen LogP contribution in [0.1, 0.15) is 21.6 Å². The normalized spacial score (nSPS) is 11.2. The second-order valence-electron chi connectivity index (χ2n) is 6.87. The molecule has 4 aromatic rings. The topological polar surface area (TPSA) is 76.3 Å². The Labute approximate surface area is 185 Å². The lowest BCUT2D eigenvalue weighted by atomic mass is 10.1. The summed E-state index contributed by atoms with van der Waals surface area (Å²) in [6, 6.07) is 14.8. The molecular formula is C23H15ClF2N4O2. The van der Waals surface area contributed by atoms with Crippen LogP contribution in [-0.4, -0.2) is 21.9 Å². The van der Waals surface area contributed by atoms with Crippen molar-refractivity contribution < 1.29 is 13.6 Å². The van der Waals surface area contributed by atoms with Gasteiger partial charge in [0, 0.05) is 10.4 Å². The molecule has 0 aliphatic carbocycles. The highest BCUT2D eigenvalue weighted by Crippen LogP contribution is 2.22. The van der Waals surface area contributed by atoms with Crippen molar-refractivity contribution in [3.8, 4) is 5.69 Å². The molecule has 1 N–H and O–H groups in total. The van der Waals surface area contributed by atoms with Gasteiger partial charge in [-0.05, 0) is 48.4 Å². The first kappa shape index (κ1) is 21.3. The molecule has 3 aromatic carbocycles. The second kappa shape index (κ2) is 8.68. The van der Waals surface area contributed by atoms with Gasteiger partial charge < -0.3 is 0 Å². The predicted octanol–water partition coefficient (Wildman–Crippen LogP) is 4.39. The van der Waals surface area contributed by atoms with Crippen LogP contribution in [0.5, 0.6) is 0 Å². The smallest absolute Gasteiger partial charge is 0.267 e. The largest absolute Gasteiger partial charge is 0.292 e. The van der Waals surface area contributed by atoms with Gasteiger partial charge in [0.15, 0.2) is 17.3 Å². The van der Waals surface area contributed by atoms with Crippen molar-refractivity contribution in [3.63, 3.8) is 0 Å². The molecule has 9 heteroatoms. The maximum atomic E-state index is 13.3. The number of hydrazone groups is 1. The number of nitrogens with one attached hydrogen (secondary N) is 1. The van der Waals surface area contributed by atoms with Crippen LogP contribution in [0.15, 0.2) is 70.6 Å². The van der Waals surface area contributed by atoms with Crippen LogP contribution in [0.3, 0.4) is 0 Å². The van der Waals surface area contributed by atoms with Crippen molar-refractivity contribution in [3.05, 3.63) is 104 Å². The van der Waals surface area contributed by atoms with E-state index in [1.165, 1.54) is 12.3 Å². The molecule has 0 fully saturated rings. The van der Waals surface area contributed by atoms with Crippen molar-refractivity contribution >= 4 is 34.5 Å². The maximum absolute atomic E-state index is 13.3. The van der Waals surface area contributed by atoms with Gasteiger partial charge in [-0.1, -0.05) is 41.9 Å². The molecule has 0 unspecified atom stereocenters. The first-order valence-corrected chi connectivity index (χ1v) is 9.80. The first-order valence-electron chi connectivity index (χ1n) is 9.43. The van der Waals surface area contributed by atoms with E-state index in [-0.39, 0.29) is 16.6 Å². The van der Waals surface area contributed by atoms with E-state index in [0.29, 0.717) is 21.7 Å². The summed E-state index contributed by atoms with van der Waals surface area (Å²) in [4.78, 5) is 25.9. The van der Waals surface area contributed by atoms with Crippen LogP contribution in [0.25, 0.3) is 16.5 Å². The third-order valence-corrected chi connectivity index (χ3v) is 5.22. The second-order valence-corrected chi connectivity index (χ2v) is 7.27. The molecule has 32 heavy (non-hydrogen) atoms. The molecule has 160 valence electrons. The fourth-order valence-electron chi connectivity index (χ4n) is 3.16. The predicted molar refractivity (Wildman–Crippen MR) is 119 cm³/mol. The summed E-state index contributed by atoms with van der Waals surface area (Å²) in [5, 5.41) is 9.14. The summed E-state index contributed by atoms with van der Waals surface area (Å²) in [6.07, 6.45) is 1.17.